The van der Waals surface area contributed by atoms with Crippen molar-refractivity contribution in [1.29, 1.82) is 0 Å². The maximum atomic E-state index is 12.1. The largest absolute Gasteiger partial charge is 0.306 e. The van der Waals surface area contributed by atoms with Crippen molar-refractivity contribution in [3.05, 3.63) is 69.6 Å². The molecule has 0 aliphatic carbocycles. The minimum Gasteiger partial charge on any atom is -0.306 e. The molecule has 0 fully saturated rings. The van der Waals surface area contributed by atoms with Gasteiger partial charge in [-0.1, -0.05) is 29.3 Å². The molecule has 1 amide bonds. The molecule has 1 N–H and O–H groups in total. The van der Waals surface area contributed by atoms with E-state index in [1.54, 1.807) is 33.8 Å². The van der Waals surface area contributed by atoms with Crippen LogP contribution < -0.4 is 5.32 Å². The Balaban J connectivity index is 1.66. The number of nitrogens with zero attached hydrogens (tertiary/aromatic N) is 4. The van der Waals surface area contributed by atoms with Crippen LogP contribution in [0.3, 0.4) is 0 Å². The number of amides is 1. The van der Waals surface area contributed by atoms with Crippen LogP contribution in [0.5, 0.6) is 0 Å². The third-order valence-corrected chi connectivity index (χ3v) is 4.56. The van der Waals surface area contributed by atoms with Crippen molar-refractivity contribution in [2.24, 2.45) is 0 Å². The molecular formula is C19H19Cl2N5O. The zero-order chi connectivity index (χ0) is 19.4. The van der Waals surface area contributed by atoms with Gasteiger partial charge in [-0.15, -0.1) is 0 Å². The molecule has 0 saturated carbocycles. The highest BCUT2D eigenvalue weighted by Gasteiger charge is 2.09. The van der Waals surface area contributed by atoms with Gasteiger partial charge >= 0.3 is 0 Å². The molecule has 6 nitrogen and oxygen atoms in total. The molecule has 0 spiro atoms. The number of nitrogens with one attached hydrogen (secondary N) is 1. The molecule has 2 heterocycles. The van der Waals surface area contributed by atoms with E-state index in [2.05, 4.69) is 15.5 Å². The minimum atomic E-state index is -0.256. The average molecular weight is 404 g/mol. The summed E-state index contributed by atoms with van der Waals surface area (Å²) >= 11 is 12.2. The summed E-state index contributed by atoms with van der Waals surface area (Å²) < 4.78 is 3.57. The van der Waals surface area contributed by atoms with E-state index in [9.17, 15) is 4.79 Å². The number of aryl methyl sites for hydroxylation is 2. The number of benzene rings is 1. The number of rotatable bonds is 6. The Morgan fingerprint density at radius 3 is 2.81 bits per heavy atom. The van der Waals surface area contributed by atoms with E-state index in [0.29, 0.717) is 22.4 Å². The smallest absolute Gasteiger partial charge is 0.249 e. The summed E-state index contributed by atoms with van der Waals surface area (Å²) in [6.45, 7) is 5.20. The Bertz CT molecular complexity index is 990. The second-order valence-corrected chi connectivity index (χ2v) is 6.86. The van der Waals surface area contributed by atoms with Gasteiger partial charge in [-0.3, -0.25) is 14.2 Å². The quantitative estimate of drug-likeness (QED) is 0.619. The number of hydrogen-bond donors (Lipinski definition) is 1. The van der Waals surface area contributed by atoms with Crippen molar-refractivity contribution < 1.29 is 4.79 Å². The van der Waals surface area contributed by atoms with Gasteiger partial charge in [0.2, 0.25) is 5.91 Å². The summed E-state index contributed by atoms with van der Waals surface area (Å²) in [5.41, 5.74) is 2.67. The van der Waals surface area contributed by atoms with Crippen molar-refractivity contribution in [2.45, 2.75) is 26.9 Å². The van der Waals surface area contributed by atoms with Crippen LogP contribution in [0.15, 0.2) is 42.7 Å². The molecule has 140 valence electrons. The first-order valence-corrected chi connectivity index (χ1v) is 9.20. The molecule has 0 saturated heterocycles. The third-order valence-electron chi connectivity index (χ3n) is 3.97. The van der Waals surface area contributed by atoms with Crippen LogP contribution in [0.25, 0.3) is 6.08 Å². The maximum Gasteiger partial charge on any atom is 0.249 e. The molecule has 8 heteroatoms. The van der Waals surface area contributed by atoms with E-state index in [-0.39, 0.29) is 5.91 Å². The number of carbonyl (C=O) groups excluding carboxylic acids is 1. The second-order valence-electron chi connectivity index (χ2n) is 6.02. The van der Waals surface area contributed by atoms with Gasteiger partial charge in [0.1, 0.15) is 0 Å². The fourth-order valence-electron chi connectivity index (χ4n) is 2.52. The second kappa shape index (κ2) is 8.41. The molecule has 0 atom stereocenters. The number of carbonyl (C=O) groups is 1. The van der Waals surface area contributed by atoms with Gasteiger partial charge in [0.25, 0.3) is 0 Å². The lowest BCUT2D eigenvalue weighted by Gasteiger charge is -2.07. The Morgan fingerprint density at radius 1 is 1.30 bits per heavy atom. The summed E-state index contributed by atoms with van der Waals surface area (Å²) in [4.78, 5) is 12.1. The Labute approximate surface area is 167 Å². The van der Waals surface area contributed by atoms with E-state index in [0.717, 1.165) is 23.4 Å². The van der Waals surface area contributed by atoms with E-state index in [4.69, 9.17) is 23.2 Å². The monoisotopic (exact) mass is 403 g/mol. The van der Waals surface area contributed by atoms with Crippen molar-refractivity contribution >= 4 is 41.0 Å². The normalized spacial score (nSPS) is 11.3. The highest BCUT2D eigenvalue weighted by molar-refractivity contribution is 6.35. The van der Waals surface area contributed by atoms with Crippen LogP contribution in [-0.2, 0) is 17.9 Å². The van der Waals surface area contributed by atoms with Crippen LogP contribution in [-0.4, -0.2) is 25.5 Å². The van der Waals surface area contributed by atoms with Gasteiger partial charge in [0.15, 0.2) is 5.82 Å². The molecule has 2 aromatic heterocycles. The molecule has 3 aromatic rings. The van der Waals surface area contributed by atoms with Gasteiger partial charge in [-0.05, 0) is 37.6 Å². The zero-order valence-electron chi connectivity index (χ0n) is 15.0. The molecule has 1 aromatic carbocycles. The Hall–Kier alpha value is -2.57. The number of hydrogen-bond acceptors (Lipinski definition) is 3. The first kappa shape index (κ1) is 19.2. The van der Waals surface area contributed by atoms with Crippen LogP contribution in [0, 0.1) is 6.92 Å². The molecule has 0 bridgehead atoms. The fourth-order valence-corrected chi connectivity index (χ4v) is 2.99. The molecular weight excluding hydrogens is 385 g/mol. The van der Waals surface area contributed by atoms with Crippen LogP contribution in [0.2, 0.25) is 10.0 Å². The Kier molecular flexibility index (Phi) is 5.98. The van der Waals surface area contributed by atoms with Crippen LogP contribution >= 0.6 is 23.2 Å². The topological polar surface area (TPSA) is 64.7 Å². The summed E-state index contributed by atoms with van der Waals surface area (Å²) in [7, 11) is 0. The van der Waals surface area contributed by atoms with Gasteiger partial charge in [0, 0.05) is 46.2 Å². The molecule has 0 unspecified atom stereocenters. The van der Waals surface area contributed by atoms with E-state index >= 15 is 0 Å². The SMILES string of the molecule is CCn1cc(/C=C/C(=O)Nc2cc(C)n(Cc3ccc(Cl)cc3Cl)n2)cn1. The van der Waals surface area contributed by atoms with Crippen LogP contribution in [0.4, 0.5) is 5.82 Å². The summed E-state index contributed by atoms with van der Waals surface area (Å²) in [5, 5.41) is 12.5. The molecule has 0 aliphatic rings. The zero-order valence-corrected chi connectivity index (χ0v) is 16.5. The number of halogens is 2. The van der Waals surface area contributed by atoms with Crippen molar-refractivity contribution in [3.63, 3.8) is 0 Å². The van der Waals surface area contributed by atoms with Crippen molar-refractivity contribution in [2.75, 3.05) is 5.32 Å². The highest BCUT2D eigenvalue weighted by atomic mass is 35.5. The van der Waals surface area contributed by atoms with E-state index in [1.165, 1.54) is 6.08 Å². The van der Waals surface area contributed by atoms with Gasteiger partial charge in [0.05, 0.1) is 12.7 Å². The van der Waals surface area contributed by atoms with Crippen LogP contribution in [0.1, 0.15) is 23.7 Å². The lowest BCUT2D eigenvalue weighted by molar-refractivity contribution is -0.111. The summed E-state index contributed by atoms with van der Waals surface area (Å²) in [5.74, 6) is 0.227. The van der Waals surface area contributed by atoms with Gasteiger partial charge in [-0.2, -0.15) is 10.2 Å². The van der Waals surface area contributed by atoms with Crippen molar-refractivity contribution in [1.82, 2.24) is 19.6 Å². The number of anilines is 1. The standard InChI is InChI=1S/C19H19Cl2N5O/c1-3-25-11-14(10-22-25)4-7-19(27)23-18-8-13(2)26(24-18)12-15-5-6-16(20)9-17(15)21/h4-11H,3,12H2,1-2H3,(H,23,24,27)/b7-4+. The minimum absolute atomic E-state index is 0.256. The fraction of sp³-hybridized carbons (Fsp3) is 0.211. The first-order chi connectivity index (χ1) is 12.9. The Morgan fingerprint density at radius 2 is 2.11 bits per heavy atom. The van der Waals surface area contributed by atoms with E-state index < -0.39 is 0 Å². The van der Waals surface area contributed by atoms with Crippen molar-refractivity contribution in [3.8, 4) is 0 Å². The maximum absolute atomic E-state index is 12.1. The predicted octanol–water partition coefficient (Wildman–Crippen LogP) is 4.41. The summed E-state index contributed by atoms with van der Waals surface area (Å²) in [6, 6.07) is 7.16. The van der Waals surface area contributed by atoms with Gasteiger partial charge in [-0.25, -0.2) is 0 Å². The first-order valence-electron chi connectivity index (χ1n) is 8.44. The average Bonchev–Trinajstić information content (AvgIpc) is 3.22. The third kappa shape index (κ3) is 4.99. The number of aromatic nitrogens is 4. The van der Waals surface area contributed by atoms with E-state index in [1.807, 2.05) is 32.2 Å². The molecule has 27 heavy (non-hydrogen) atoms. The lowest BCUT2D eigenvalue weighted by Crippen LogP contribution is -2.09. The molecule has 3 rings (SSSR count). The summed E-state index contributed by atoms with van der Waals surface area (Å²) in [6.07, 6.45) is 6.76. The molecule has 0 radical (unpaired) electrons. The molecule has 0 aliphatic heterocycles. The highest BCUT2D eigenvalue weighted by Crippen LogP contribution is 2.22. The van der Waals surface area contributed by atoms with Gasteiger partial charge < -0.3 is 5.32 Å². The lowest BCUT2D eigenvalue weighted by atomic mass is 10.2. The predicted molar refractivity (Wildman–Crippen MR) is 108 cm³/mol.